The minimum Gasteiger partial charge on any atom is -0.301 e. The zero-order valence-electron chi connectivity index (χ0n) is 9.51. The van der Waals surface area contributed by atoms with Crippen molar-refractivity contribution in [2.75, 3.05) is 11.1 Å². The quantitative estimate of drug-likeness (QED) is 0.881. The molecule has 0 aromatic carbocycles. The lowest BCUT2D eigenvalue weighted by molar-refractivity contribution is -0.113. The van der Waals surface area contributed by atoms with Crippen molar-refractivity contribution in [3.8, 4) is 0 Å². The molecule has 7 heteroatoms. The summed E-state index contributed by atoms with van der Waals surface area (Å²) >= 11 is 8.66. The second-order valence-electron chi connectivity index (χ2n) is 3.42. The highest BCUT2D eigenvalue weighted by molar-refractivity contribution is 8.00. The predicted octanol–water partition coefficient (Wildman–Crippen LogP) is 3.23. The molecule has 18 heavy (non-hydrogen) atoms. The van der Waals surface area contributed by atoms with Crippen LogP contribution in [-0.2, 0) is 4.79 Å². The van der Waals surface area contributed by atoms with Crippen molar-refractivity contribution in [2.45, 2.75) is 11.9 Å². The van der Waals surface area contributed by atoms with Crippen LogP contribution in [0.4, 0.5) is 5.13 Å². The molecule has 94 valence electrons. The van der Waals surface area contributed by atoms with Gasteiger partial charge in [-0.05, 0) is 19.1 Å². The van der Waals surface area contributed by atoms with Crippen LogP contribution in [-0.4, -0.2) is 21.6 Å². The molecular formula is C11H10ClN3OS2. The van der Waals surface area contributed by atoms with Crippen molar-refractivity contribution in [2.24, 2.45) is 0 Å². The number of hydrogen-bond donors (Lipinski definition) is 1. The number of carbonyl (C=O) groups excluding carboxylic acids is 1. The number of rotatable bonds is 4. The number of aryl methyl sites for hydroxylation is 1. The molecule has 0 aliphatic heterocycles. The highest BCUT2D eigenvalue weighted by Crippen LogP contribution is 2.24. The van der Waals surface area contributed by atoms with Crippen molar-refractivity contribution in [3.63, 3.8) is 0 Å². The van der Waals surface area contributed by atoms with Crippen LogP contribution in [0, 0.1) is 6.92 Å². The number of nitrogens with zero attached hydrogens (tertiary/aromatic N) is 2. The van der Waals surface area contributed by atoms with Gasteiger partial charge in [0.05, 0.1) is 16.5 Å². The Labute approximate surface area is 118 Å². The van der Waals surface area contributed by atoms with Gasteiger partial charge in [-0.2, -0.15) is 0 Å². The van der Waals surface area contributed by atoms with Gasteiger partial charge in [0.15, 0.2) is 5.13 Å². The standard InChI is InChI=1S/C11H10ClN3OS2/c1-7-5-18-11(14-7)15-9(16)6-17-10-8(12)3-2-4-13-10/h2-5H,6H2,1H3,(H,14,15,16). The molecule has 2 rings (SSSR count). The lowest BCUT2D eigenvalue weighted by Crippen LogP contribution is -2.13. The van der Waals surface area contributed by atoms with Gasteiger partial charge in [-0.15, -0.1) is 11.3 Å². The Morgan fingerprint density at radius 2 is 2.44 bits per heavy atom. The molecule has 0 aliphatic rings. The van der Waals surface area contributed by atoms with Gasteiger partial charge in [-0.3, -0.25) is 4.79 Å². The molecule has 0 atom stereocenters. The van der Waals surface area contributed by atoms with Crippen LogP contribution >= 0.6 is 34.7 Å². The zero-order valence-corrected chi connectivity index (χ0v) is 11.9. The third kappa shape index (κ3) is 3.69. The average molecular weight is 300 g/mol. The number of hydrogen-bond acceptors (Lipinski definition) is 5. The zero-order chi connectivity index (χ0) is 13.0. The Bertz CT molecular complexity index is 559. The first-order chi connectivity index (χ1) is 8.65. The van der Waals surface area contributed by atoms with E-state index >= 15 is 0 Å². The summed E-state index contributed by atoms with van der Waals surface area (Å²) < 4.78 is 0. The number of thioether (sulfide) groups is 1. The fourth-order valence-corrected chi connectivity index (χ4v) is 2.85. The van der Waals surface area contributed by atoms with Crippen LogP contribution in [0.15, 0.2) is 28.7 Å². The van der Waals surface area contributed by atoms with Crippen LogP contribution in [0.2, 0.25) is 5.02 Å². The second kappa shape index (κ2) is 6.17. The topological polar surface area (TPSA) is 54.9 Å². The van der Waals surface area contributed by atoms with Gasteiger partial charge in [0.1, 0.15) is 5.03 Å². The Kier molecular flexibility index (Phi) is 4.57. The number of nitrogens with one attached hydrogen (secondary N) is 1. The summed E-state index contributed by atoms with van der Waals surface area (Å²) in [5, 5.41) is 6.45. The Hall–Kier alpha value is -1.11. The Morgan fingerprint density at radius 1 is 1.61 bits per heavy atom. The molecule has 0 spiro atoms. The first-order valence-electron chi connectivity index (χ1n) is 5.10. The number of pyridine rings is 1. The first-order valence-corrected chi connectivity index (χ1v) is 7.35. The molecule has 0 bridgehead atoms. The predicted molar refractivity (Wildman–Crippen MR) is 75.5 cm³/mol. The van der Waals surface area contributed by atoms with Crippen molar-refractivity contribution in [1.82, 2.24) is 9.97 Å². The summed E-state index contributed by atoms with van der Waals surface area (Å²) in [7, 11) is 0. The lowest BCUT2D eigenvalue weighted by Gasteiger charge is -2.02. The summed E-state index contributed by atoms with van der Waals surface area (Å²) in [6, 6.07) is 3.50. The van der Waals surface area contributed by atoms with Crippen LogP contribution in [0.25, 0.3) is 0 Å². The monoisotopic (exact) mass is 299 g/mol. The molecule has 0 radical (unpaired) electrons. The lowest BCUT2D eigenvalue weighted by atomic mass is 10.5. The third-order valence-electron chi connectivity index (χ3n) is 1.93. The van der Waals surface area contributed by atoms with E-state index in [4.69, 9.17) is 11.6 Å². The molecule has 1 amide bonds. The van der Waals surface area contributed by atoms with E-state index in [1.807, 2.05) is 12.3 Å². The van der Waals surface area contributed by atoms with Crippen molar-refractivity contribution < 1.29 is 4.79 Å². The fourth-order valence-electron chi connectivity index (χ4n) is 1.18. The molecular weight excluding hydrogens is 290 g/mol. The molecule has 2 heterocycles. The van der Waals surface area contributed by atoms with Crippen LogP contribution in [0.1, 0.15) is 5.69 Å². The van der Waals surface area contributed by atoms with E-state index in [0.29, 0.717) is 15.2 Å². The number of thiazole rings is 1. The SMILES string of the molecule is Cc1csc(NC(=O)CSc2ncccc2Cl)n1. The first kappa shape index (κ1) is 13.3. The number of amides is 1. The summed E-state index contributed by atoms with van der Waals surface area (Å²) in [6.07, 6.45) is 1.65. The summed E-state index contributed by atoms with van der Waals surface area (Å²) in [5.41, 5.74) is 0.899. The van der Waals surface area contributed by atoms with E-state index in [-0.39, 0.29) is 11.7 Å². The maximum absolute atomic E-state index is 11.7. The van der Waals surface area contributed by atoms with Crippen LogP contribution in [0.3, 0.4) is 0 Å². The highest BCUT2D eigenvalue weighted by Gasteiger charge is 2.08. The molecule has 0 fully saturated rings. The Morgan fingerprint density at radius 3 is 3.11 bits per heavy atom. The molecule has 2 aromatic heterocycles. The third-order valence-corrected chi connectivity index (χ3v) is 4.23. The second-order valence-corrected chi connectivity index (χ2v) is 5.65. The van der Waals surface area contributed by atoms with Crippen molar-refractivity contribution >= 4 is 45.7 Å². The van der Waals surface area contributed by atoms with Gasteiger partial charge in [-0.1, -0.05) is 23.4 Å². The maximum Gasteiger partial charge on any atom is 0.236 e. The number of aromatic nitrogens is 2. The van der Waals surface area contributed by atoms with E-state index in [9.17, 15) is 4.79 Å². The van der Waals surface area contributed by atoms with E-state index in [2.05, 4.69) is 15.3 Å². The Balaban J connectivity index is 1.87. The van der Waals surface area contributed by atoms with Crippen LogP contribution < -0.4 is 5.32 Å². The summed E-state index contributed by atoms with van der Waals surface area (Å²) in [6.45, 7) is 1.88. The molecule has 4 nitrogen and oxygen atoms in total. The average Bonchev–Trinajstić information content (AvgIpc) is 2.74. The molecule has 0 saturated carbocycles. The van der Waals surface area contributed by atoms with E-state index in [1.165, 1.54) is 23.1 Å². The largest absolute Gasteiger partial charge is 0.301 e. The van der Waals surface area contributed by atoms with E-state index < -0.39 is 0 Å². The molecule has 0 unspecified atom stereocenters. The molecule has 0 aliphatic carbocycles. The van der Waals surface area contributed by atoms with Gasteiger partial charge >= 0.3 is 0 Å². The minimum absolute atomic E-state index is 0.115. The molecule has 1 N–H and O–H groups in total. The highest BCUT2D eigenvalue weighted by atomic mass is 35.5. The summed E-state index contributed by atoms with van der Waals surface area (Å²) in [4.78, 5) is 19.9. The van der Waals surface area contributed by atoms with Gasteiger partial charge in [-0.25, -0.2) is 9.97 Å². The minimum atomic E-state index is -0.115. The van der Waals surface area contributed by atoms with Gasteiger partial charge in [0.25, 0.3) is 0 Å². The van der Waals surface area contributed by atoms with Crippen molar-refractivity contribution in [3.05, 3.63) is 34.4 Å². The van der Waals surface area contributed by atoms with Gasteiger partial charge in [0.2, 0.25) is 5.91 Å². The van der Waals surface area contributed by atoms with Gasteiger partial charge < -0.3 is 5.32 Å². The maximum atomic E-state index is 11.7. The summed E-state index contributed by atoms with van der Waals surface area (Å²) in [5.74, 6) is 0.145. The van der Waals surface area contributed by atoms with E-state index in [0.717, 1.165) is 5.69 Å². The normalized spacial score (nSPS) is 10.3. The number of anilines is 1. The van der Waals surface area contributed by atoms with E-state index in [1.54, 1.807) is 18.3 Å². The molecule has 2 aromatic rings. The number of carbonyl (C=O) groups is 1. The van der Waals surface area contributed by atoms with Crippen molar-refractivity contribution in [1.29, 1.82) is 0 Å². The van der Waals surface area contributed by atoms with Gasteiger partial charge in [0, 0.05) is 11.6 Å². The smallest absolute Gasteiger partial charge is 0.236 e. The molecule has 0 saturated heterocycles. The number of halogens is 1. The van der Waals surface area contributed by atoms with Crippen LogP contribution in [0.5, 0.6) is 0 Å². The fraction of sp³-hybridized carbons (Fsp3) is 0.182.